The van der Waals surface area contributed by atoms with Gasteiger partial charge in [0.2, 0.25) is 0 Å². The van der Waals surface area contributed by atoms with Crippen molar-refractivity contribution >= 4 is 104 Å². The van der Waals surface area contributed by atoms with Gasteiger partial charge >= 0.3 is 0 Å². The van der Waals surface area contributed by atoms with Crippen LogP contribution in [0.4, 0.5) is 0 Å². The molecule has 0 saturated carbocycles. The average molecular weight is 396 g/mol. The third kappa shape index (κ3) is 3.78. The van der Waals surface area contributed by atoms with E-state index in [4.69, 9.17) is 104 Å². The molecule has 92 valence electrons. The minimum absolute atomic E-state index is 0.0619. The summed E-state index contributed by atoms with van der Waals surface area (Å²) >= 11 is 51.8. The van der Waals surface area contributed by atoms with Crippen LogP contribution in [0.3, 0.4) is 0 Å². The third-order valence-electron chi connectivity index (χ3n) is 1.56. The molecule has 0 bridgehead atoms. The summed E-state index contributed by atoms with van der Waals surface area (Å²) in [4.78, 5) is -1.27. The van der Waals surface area contributed by atoms with Gasteiger partial charge in [0.25, 0.3) is 0 Å². The van der Waals surface area contributed by atoms with Gasteiger partial charge in [-0.05, 0) is 6.42 Å². The van der Waals surface area contributed by atoms with E-state index < -0.39 is 17.8 Å². The summed E-state index contributed by atoms with van der Waals surface area (Å²) in [5.74, 6) is 0.118. The van der Waals surface area contributed by atoms with Crippen molar-refractivity contribution in [3.63, 3.8) is 0 Å². The van der Waals surface area contributed by atoms with Crippen molar-refractivity contribution in [2.24, 2.45) is 0 Å². The number of rotatable bonds is 5. The highest BCUT2D eigenvalue weighted by Gasteiger charge is 2.62. The van der Waals surface area contributed by atoms with Crippen LogP contribution in [0, 0.1) is 0 Å². The zero-order chi connectivity index (χ0) is 12.5. The molecule has 0 aromatic carbocycles. The zero-order valence-corrected chi connectivity index (χ0v) is 13.7. The molecule has 0 radical (unpaired) electrons. The summed E-state index contributed by atoms with van der Waals surface area (Å²) in [5, 5.41) is 0. The van der Waals surface area contributed by atoms with Crippen LogP contribution in [0.25, 0.3) is 0 Å². The zero-order valence-electron chi connectivity index (χ0n) is 6.89. The minimum Gasteiger partial charge on any atom is -0.127 e. The van der Waals surface area contributed by atoms with Gasteiger partial charge in [0.15, 0.2) is 13.0 Å². The summed E-state index contributed by atoms with van der Waals surface area (Å²) in [6.07, 6.45) is 0.0619. The van der Waals surface area contributed by atoms with Crippen LogP contribution < -0.4 is 0 Å². The molecule has 0 aliphatic rings. The molecular formula is C6H5Cl9. The van der Waals surface area contributed by atoms with Crippen LogP contribution in [0.2, 0.25) is 0 Å². The molecule has 0 heterocycles. The Bertz CT molecular complexity index is 209. The molecule has 0 unspecified atom stereocenters. The molecule has 0 aromatic rings. The van der Waals surface area contributed by atoms with Gasteiger partial charge in [-0.25, -0.2) is 0 Å². The van der Waals surface area contributed by atoms with Crippen molar-refractivity contribution in [1.29, 1.82) is 0 Å². The van der Waals surface area contributed by atoms with Crippen LogP contribution in [0.15, 0.2) is 0 Å². The van der Waals surface area contributed by atoms with Gasteiger partial charge < -0.3 is 0 Å². The number of alkyl halides is 9. The Morgan fingerprint density at radius 1 is 0.867 bits per heavy atom. The highest BCUT2D eigenvalue weighted by molar-refractivity contribution is 6.72. The molecule has 15 heavy (non-hydrogen) atoms. The molecule has 0 saturated heterocycles. The number of halogens is 9. The summed E-state index contributed by atoms with van der Waals surface area (Å²) in [7, 11) is 0. The van der Waals surface area contributed by atoms with Crippen molar-refractivity contribution in [2.45, 2.75) is 24.3 Å². The summed E-state index contributed by atoms with van der Waals surface area (Å²) in [5.41, 5.74) is 0. The van der Waals surface area contributed by atoms with Crippen molar-refractivity contribution in [3.8, 4) is 0 Å². The molecule has 0 fully saturated rings. The summed E-state index contributed by atoms with van der Waals surface area (Å²) < 4.78 is -5.59. The Morgan fingerprint density at radius 2 is 1.27 bits per heavy atom. The Labute approximate surface area is 133 Å². The summed E-state index contributed by atoms with van der Waals surface area (Å²) in [6.45, 7) is 0. The predicted molar refractivity (Wildman–Crippen MR) is 74.1 cm³/mol. The van der Waals surface area contributed by atoms with E-state index in [0.717, 1.165) is 0 Å². The van der Waals surface area contributed by atoms with E-state index >= 15 is 0 Å². The fraction of sp³-hybridized carbons (Fsp3) is 1.00. The van der Waals surface area contributed by atoms with Crippen molar-refractivity contribution in [1.82, 2.24) is 0 Å². The normalized spacial score (nSPS) is 14.8. The molecule has 0 rings (SSSR count). The molecule has 0 N–H and O–H groups in total. The van der Waals surface area contributed by atoms with E-state index in [1.54, 1.807) is 0 Å². The van der Waals surface area contributed by atoms with Crippen LogP contribution in [0.5, 0.6) is 0 Å². The second-order valence-electron chi connectivity index (χ2n) is 2.64. The SMILES string of the molecule is ClCCC(Cl)(Cl)C(Cl)(Cl)C(Cl)(Cl)C(Cl)Cl. The third-order valence-corrected chi connectivity index (χ3v) is 6.81. The molecule has 0 aromatic heterocycles. The highest BCUT2D eigenvalue weighted by Crippen LogP contribution is 2.58. The van der Waals surface area contributed by atoms with E-state index in [9.17, 15) is 0 Å². The number of hydrogen-bond acceptors (Lipinski definition) is 0. The lowest BCUT2D eigenvalue weighted by molar-refractivity contribution is 0.583. The first-order chi connectivity index (χ1) is 6.50. The Hall–Kier alpha value is 2.61. The molecule has 0 amide bonds. The molecule has 0 aliphatic heterocycles. The Balaban J connectivity index is 5.11. The topological polar surface area (TPSA) is 0 Å². The van der Waals surface area contributed by atoms with Gasteiger partial charge in [0, 0.05) is 5.88 Å². The van der Waals surface area contributed by atoms with Crippen LogP contribution >= 0.6 is 104 Å². The number of hydrogen-bond donors (Lipinski definition) is 0. The van der Waals surface area contributed by atoms with Gasteiger partial charge in [0.05, 0.1) is 0 Å². The quantitative estimate of drug-likeness (QED) is 0.505. The first-order valence-electron chi connectivity index (χ1n) is 3.48. The maximum Gasteiger partial charge on any atom is 0.186 e. The van der Waals surface area contributed by atoms with E-state index in [0.29, 0.717) is 0 Å². The first kappa shape index (κ1) is 17.6. The van der Waals surface area contributed by atoms with Crippen molar-refractivity contribution in [2.75, 3.05) is 5.88 Å². The minimum atomic E-state index is -1.98. The maximum absolute atomic E-state index is 5.90. The fourth-order valence-corrected chi connectivity index (χ4v) is 3.09. The maximum atomic E-state index is 5.90. The molecule has 0 nitrogen and oxygen atoms in total. The monoisotopic (exact) mass is 392 g/mol. The lowest BCUT2D eigenvalue weighted by Crippen LogP contribution is -2.53. The van der Waals surface area contributed by atoms with Crippen molar-refractivity contribution < 1.29 is 0 Å². The van der Waals surface area contributed by atoms with Crippen LogP contribution in [-0.2, 0) is 0 Å². The molecule has 0 atom stereocenters. The van der Waals surface area contributed by atoms with Gasteiger partial charge in [-0.15, -0.1) is 34.8 Å². The standard InChI is InChI=1S/C6H5Cl9/c7-2-1-4(10,11)6(14,15)5(12,13)3(8)9/h3H,1-2H2. The van der Waals surface area contributed by atoms with E-state index in [-0.39, 0.29) is 12.3 Å². The first-order valence-corrected chi connectivity index (χ1v) is 7.15. The smallest absolute Gasteiger partial charge is 0.127 e. The van der Waals surface area contributed by atoms with Gasteiger partial charge in [0.1, 0.15) is 4.84 Å². The molecule has 9 heteroatoms. The molecule has 0 aliphatic carbocycles. The fourth-order valence-electron chi connectivity index (χ4n) is 0.657. The average Bonchev–Trinajstić information content (AvgIpc) is 2.02. The van der Waals surface area contributed by atoms with Gasteiger partial charge in [-0.1, -0.05) is 69.6 Å². The van der Waals surface area contributed by atoms with E-state index in [1.807, 2.05) is 0 Å². The Morgan fingerprint density at radius 3 is 1.53 bits per heavy atom. The highest BCUT2D eigenvalue weighted by atomic mass is 35.6. The van der Waals surface area contributed by atoms with E-state index in [1.165, 1.54) is 0 Å². The molecule has 0 spiro atoms. The molecular weight excluding hydrogens is 391 g/mol. The lowest BCUT2D eigenvalue weighted by atomic mass is 10.1. The van der Waals surface area contributed by atoms with Crippen LogP contribution in [-0.4, -0.2) is 23.7 Å². The second kappa shape index (κ2) is 6.17. The summed E-state index contributed by atoms with van der Waals surface area (Å²) in [6, 6.07) is 0. The largest absolute Gasteiger partial charge is 0.186 e. The van der Waals surface area contributed by atoms with E-state index in [2.05, 4.69) is 0 Å². The Kier molecular flexibility index (Phi) is 7.24. The van der Waals surface area contributed by atoms with Crippen molar-refractivity contribution in [3.05, 3.63) is 0 Å². The predicted octanol–water partition coefficient (Wildman–Crippen LogP) is 5.94. The van der Waals surface area contributed by atoms with Gasteiger partial charge in [-0.2, -0.15) is 0 Å². The lowest BCUT2D eigenvalue weighted by Gasteiger charge is -2.41. The second-order valence-corrected chi connectivity index (χ2v) is 8.31. The van der Waals surface area contributed by atoms with Gasteiger partial charge in [-0.3, -0.25) is 0 Å². The van der Waals surface area contributed by atoms with Crippen LogP contribution in [0.1, 0.15) is 6.42 Å².